The van der Waals surface area contributed by atoms with E-state index in [1.807, 2.05) is 13.8 Å². The van der Waals surface area contributed by atoms with Gasteiger partial charge >= 0.3 is 6.18 Å². The maximum Gasteiger partial charge on any atom is 0.419 e. The number of rotatable bonds is 5. The van der Waals surface area contributed by atoms with Crippen LogP contribution in [0.15, 0.2) is 18.2 Å². The third-order valence-electron chi connectivity index (χ3n) is 2.75. The minimum atomic E-state index is -4.64. The molecule has 0 radical (unpaired) electrons. The third-order valence-corrected chi connectivity index (χ3v) is 2.75. The average Bonchev–Trinajstić information content (AvgIpc) is 2.28. The van der Waals surface area contributed by atoms with Crippen molar-refractivity contribution in [1.82, 2.24) is 5.32 Å². The molecular weight excluding hydrogens is 246 g/mol. The number of hydrogen-bond acceptors (Lipinski definition) is 1. The molecular formula is C13H17F4N. The van der Waals surface area contributed by atoms with Gasteiger partial charge in [0.25, 0.3) is 0 Å². The van der Waals surface area contributed by atoms with Crippen molar-refractivity contribution in [1.29, 1.82) is 0 Å². The predicted octanol–water partition coefficient (Wildman–Crippen LogP) is 4.30. The highest BCUT2D eigenvalue weighted by Crippen LogP contribution is 2.32. The van der Waals surface area contributed by atoms with Crippen molar-refractivity contribution < 1.29 is 17.6 Å². The lowest BCUT2D eigenvalue weighted by Gasteiger charge is -2.18. The van der Waals surface area contributed by atoms with Gasteiger partial charge in [0.15, 0.2) is 0 Å². The number of alkyl halides is 3. The van der Waals surface area contributed by atoms with Crippen molar-refractivity contribution >= 4 is 0 Å². The van der Waals surface area contributed by atoms with Crippen LogP contribution in [0.1, 0.15) is 43.9 Å². The monoisotopic (exact) mass is 263 g/mol. The second-order valence-electron chi connectivity index (χ2n) is 4.15. The van der Waals surface area contributed by atoms with Crippen LogP contribution in [0.25, 0.3) is 0 Å². The van der Waals surface area contributed by atoms with Gasteiger partial charge in [0.05, 0.1) is 5.56 Å². The Morgan fingerprint density at radius 2 is 1.89 bits per heavy atom. The molecule has 18 heavy (non-hydrogen) atoms. The van der Waals surface area contributed by atoms with Crippen molar-refractivity contribution in [2.24, 2.45) is 0 Å². The number of nitrogens with one attached hydrogen (secondary N) is 1. The minimum absolute atomic E-state index is 0.110. The normalized spacial score (nSPS) is 13.7. The molecule has 1 unspecified atom stereocenters. The van der Waals surface area contributed by atoms with Gasteiger partial charge in [0.1, 0.15) is 5.82 Å². The van der Waals surface area contributed by atoms with Gasteiger partial charge in [-0.3, -0.25) is 0 Å². The molecule has 1 aromatic rings. The molecule has 0 spiro atoms. The zero-order valence-electron chi connectivity index (χ0n) is 10.4. The molecule has 0 aromatic heterocycles. The molecule has 0 saturated heterocycles. The van der Waals surface area contributed by atoms with E-state index >= 15 is 0 Å². The van der Waals surface area contributed by atoms with Gasteiger partial charge in [-0.2, -0.15) is 13.2 Å². The quantitative estimate of drug-likeness (QED) is 0.781. The lowest BCUT2D eigenvalue weighted by Crippen LogP contribution is -2.22. The fourth-order valence-corrected chi connectivity index (χ4v) is 1.79. The summed E-state index contributed by atoms with van der Waals surface area (Å²) in [4.78, 5) is 0. The van der Waals surface area contributed by atoms with Gasteiger partial charge < -0.3 is 5.32 Å². The molecule has 1 rings (SSSR count). The highest BCUT2D eigenvalue weighted by molar-refractivity contribution is 5.28. The van der Waals surface area contributed by atoms with Crippen LogP contribution in [-0.4, -0.2) is 6.54 Å². The first-order valence-electron chi connectivity index (χ1n) is 6.00. The van der Waals surface area contributed by atoms with Crippen LogP contribution in [-0.2, 0) is 6.18 Å². The van der Waals surface area contributed by atoms with E-state index in [1.165, 1.54) is 6.07 Å². The Hall–Kier alpha value is -1.10. The van der Waals surface area contributed by atoms with Crippen molar-refractivity contribution in [3.05, 3.63) is 35.1 Å². The Bertz CT molecular complexity index is 387. The summed E-state index contributed by atoms with van der Waals surface area (Å²) < 4.78 is 50.6. The summed E-state index contributed by atoms with van der Waals surface area (Å²) in [5, 5.41) is 3.17. The molecule has 5 heteroatoms. The highest BCUT2D eigenvalue weighted by atomic mass is 19.4. The Kier molecular flexibility index (Phi) is 5.14. The van der Waals surface area contributed by atoms with Crippen molar-refractivity contribution in [3.63, 3.8) is 0 Å². The van der Waals surface area contributed by atoms with E-state index < -0.39 is 17.6 Å². The SMILES string of the molecule is CCCNC(CC)c1ccc(C(F)(F)F)c(F)c1. The number of halogens is 4. The largest absolute Gasteiger partial charge is 0.419 e. The first kappa shape index (κ1) is 15.0. The lowest BCUT2D eigenvalue weighted by molar-refractivity contribution is -0.140. The zero-order valence-corrected chi connectivity index (χ0v) is 10.4. The van der Waals surface area contributed by atoms with Gasteiger partial charge in [-0.1, -0.05) is 19.9 Å². The van der Waals surface area contributed by atoms with Crippen molar-refractivity contribution in [2.75, 3.05) is 6.54 Å². The molecule has 0 bridgehead atoms. The van der Waals surface area contributed by atoms with Crippen molar-refractivity contribution in [3.8, 4) is 0 Å². The van der Waals surface area contributed by atoms with Gasteiger partial charge in [0, 0.05) is 6.04 Å². The van der Waals surface area contributed by atoms with Crippen LogP contribution >= 0.6 is 0 Å². The summed E-state index contributed by atoms with van der Waals surface area (Å²) >= 11 is 0. The number of hydrogen-bond donors (Lipinski definition) is 1. The number of benzene rings is 1. The third kappa shape index (κ3) is 3.70. The van der Waals surface area contributed by atoms with E-state index in [4.69, 9.17) is 0 Å². The van der Waals surface area contributed by atoms with Crippen LogP contribution in [0.3, 0.4) is 0 Å². The first-order chi connectivity index (χ1) is 8.40. The summed E-state index contributed by atoms with van der Waals surface area (Å²) in [6, 6.07) is 3.00. The molecule has 1 nitrogen and oxygen atoms in total. The Balaban J connectivity index is 2.95. The molecule has 0 heterocycles. The topological polar surface area (TPSA) is 12.0 Å². The van der Waals surface area contributed by atoms with E-state index in [1.54, 1.807) is 0 Å². The summed E-state index contributed by atoms with van der Waals surface area (Å²) in [6.07, 6.45) is -3.02. The van der Waals surface area contributed by atoms with E-state index in [-0.39, 0.29) is 6.04 Å². The molecule has 0 aliphatic rings. The Morgan fingerprint density at radius 1 is 1.22 bits per heavy atom. The molecule has 0 aliphatic heterocycles. The van der Waals surface area contributed by atoms with Gasteiger partial charge in [-0.25, -0.2) is 4.39 Å². The Morgan fingerprint density at radius 3 is 2.33 bits per heavy atom. The molecule has 0 fully saturated rings. The Labute approximate surface area is 104 Å². The van der Waals surface area contributed by atoms with Crippen LogP contribution in [0.5, 0.6) is 0 Å². The predicted molar refractivity (Wildman–Crippen MR) is 62.7 cm³/mol. The summed E-state index contributed by atoms with van der Waals surface area (Å²) in [5.74, 6) is -1.21. The summed E-state index contributed by atoms with van der Waals surface area (Å²) in [5.41, 5.74) is -0.659. The fraction of sp³-hybridized carbons (Fsp3) is 0.538. The van der Waals surface area contributed by atoms with Crippen LogP contribution in [0, 0.1) is 5.82 Å². The van der Waals surface area contributed by atoms with Gasteiger partial charge in [0.2, 0.25) is 0 Å². The fourth-order valence-electron chi connectivity index (χ4n) is 1.79. The summed E-state index contributed by atoms with van der Waals surface area (Å²) in [7, 11) is 0. The second kappa shape index (κ2) is 6.18. The molecule has 1 atom stereocenters. The van der Waals surface area contributed by atoms with E-state index in [0.29, 0.717) is 12.0 Å². The smallest absolute Gasteiger partial charge is 0.310 e. The lowest BCUT2D eigenvalue weighted by atomic mass is 10.0. The van der Waals surface area contributed by atoms with E-state index in [9.17, 15) is 17.6 Å². The average molecular weight is 263 g/mol. The maximum absolute atomic E-state index is 13.4. The maximum atomic E-state index is 13.4. The first-order valence-corrected chi connectivity index (χ1v) is 6.00. The molecule has 102 valence electrons. The second-order valence-corrected chi connectivity index (χ2v) is 4.15. The highest BCUT2D eigenvalue weighted by Gasteiger charge is 2.34. The van der Waals surface area contributed by atoms with E-state index in [0.717, 1.165) is 25.1 Å². The standard InChI is InChI=1S/C13H17F4N/c1-3-7-18-12(4-2)9-5-6-10(11(14)8-9)13(15,16)17/h5-6,8,12,18H,3-4,7H2,1-2H3. The zero-order chi connectivity index (χ0) is 13.8. The molecule has 1 N–H and O–H groups in total. The summed E-state index contributed by atoms with van der Waals surface area (Å²) in [6.45, 7) is 4.65. The van der Waals surface area contributed by atoms with Crippen molar-refractivity contribution in [2.45, 2.75) is 38.9 Å². The van der Waals surface area contributed by atoms with Gasteiger partial charge in [-0.15, -0.1) is 0 Å². The molecule has 0 amide bonds. The minimum Gasteiger partial charge on any atom is -0.310 e. The van der Waals surface area contributed by atoms with Crippen LogP contribution in [0.4, 0.5) is 17.6 Å². The molecule has 1 aromatic carbocycles. The van der Waals surface area contributed by atoms with Crippen LogP contribution < -0.4 is 5.32 Å². The van der Waals surface area contributed by atoms with Crippen LogP contribution in [0.2, 0.25) is 0 Å². The molecule has 0 aliphatic carbocycles. The molecule has 0 saturated carbocycles. The van der Waals surface area contributed by atoms with E-state index in [2.05, 4.69) is 5.32 Å². The van der Waals surface area contributed by atoms with Gasteiger partial charge in [-0.05, 0) is 37.1 Å².